The Hall–Kier alpha value is -0.910. The summed E-state index contributed by atoms with van der Waals surface area (Å²) in [5.74, 6) is 1.70. The summed E-state index contributed by atoms with van der Waals surface area (Å²) in [6.45, 7) is 2.50. The summed E-state index contributed by atoms with van der Waals surface area (Å²) in [5, 5.41) is 0. The van der Waals surface area contributed by atoms with Gasteiger partial charge in [-0.25, -0.2) is 13.1 Å². The summed E-state index contributed by atoms with van der Waals surface area (Å²) in [5.41, 5.74) is 1.06. The third-order valence-corrected chi connectivity index (χ3v) is 6.54. The fourth-order valence-corrected chi connectivity index (χ4v) is 5.08. The third-order valence-electron chi connectivity index (χ3n) is 5.10. The molecule has 4 nitrogen and oxygen atoms in total. The minimum absolute atomic E-state index is 0.354. The van der Waals surface area contributed by atoms with Crippen LogP contribution in [0.4, 0.5) is 0 Å². The molecule has 0 radical (unpaired) electrons. The molecule has 5 unspecified atom stereocenters. The minimum Gasteiger partial charge on any atom is -0.369 e. The van der Waals surface area contributed by atoms with Crippen LogP contribution in [-0.2, 0) is 14.8 Å². The summed E-state index contributed by atoms with van der Waals surface area (Å²) in [4.78, 5) is 0.354. The Balaban J connectivity index is 1.42. The van der Waals surface area contributed by atoms with Crippen molar-refractivity contribution in [3.8, 4) is 0 Å². The van der Waals surface area contributed by atoms with Crippen LogP contribution in [0.5, 0.6) is 0 Å². The zero-order valence-electron chi connectivity index (χ0n) is 11.5. The fraction of sp³-hybridized carbons (Fsp3) is 0.600. The van der Waals surface area contributed by atoms with Gasteiger partial charge in [0.1, 0.15) is 0 Å². The molecule has 20 heavy (non-hydrogen) atoms. The quantitative estimate of drug-likeness (QED) is 0.860. The number of sulfonamides is 1. The summed E-state index contributed by atoms with van der Waals surface area (Å²) >= 11 is 0. The standard InChI is InChI=1S/C15H19NO3S/c1-9-2-4-12(5-3-9)20(17,18)16-8-11-6-10-7-13(11)15-14(10)19-15/h2-5,10-11,13-16H,6-8H2,1H3. The van der Waals surface area contributed by atoms with Crippen LogP contribution in [0.1, 0.15) is 18.4 Å². The molecular weight excluding hydrogens is 274 g/mol. The van der Waals surface area contributed by atoms with E-state index in [1.165, 1.54) is 6.42 Å². The van der Waals surface area contributed by atoms with E-state index in [0.29, 0.717) is 41.4 Å². The van der Waals surface area contributed by atoms with Gasteiger partial charge in [-0.05, 0) is 49.7 Å². The number of nitrogens with one attached hydrogen (secondary N) is 1. The Kier molecular flexibility index (Phi) is 2.75. The lowest BCUT2D eigenvalue weighted by Gasteiger charge is -2.19. The van der Waals surface area contributed by atoms with Crippen molar-refractivity contribution in [1.29, 1.82) is 0 Å². The number of aryl methyl sites for hydroxylation is 1. The average Bonchev–Trinajstić information content (AvgIpc) is 3.03. The van der Waals surface area contributed by atoms with Crippen LogP contribution in [0.15, 0.2) is 29.2 Å². The predicted molar refractivity (Wildman–Crippen MR) is 74.7 cm³/mol. The number of hydrogen-bond acceptors (Lipinski definition) is 3. The average molecular weight is 293 g/mol. The van der Waals surface area contributed by atoms with Gasteiger partial charge in [-0.2, -0.15) is 0 Å². The smallest absolute Gasteiger partial charge is 0.240 e. The van der Waals surface area contributed by atoms with Crippen LogP contribution in [0.3, 0.4) is 0 Å². The molecule has 1 aliphatic heterocycles. The lowest BCUT2D eigenvalue weighted by atomic mass is 9.89. The van der Waals surface area contributed by atoms with Gasteiger partial charge in [0.2, 0.25) is 10.0 Å². The van der Waals surface area contributed by atoms with Crippen molar-refractivity contribution in [3.63, 3.8) is 0 Å². The third kappa shape index (κ3) is 2.00. The number of epoxide rings is 1. The van der Waals surface area contributed by atoms with Crippen molar-refractivity contribution >= 4 is 10.0 Å². The molecule has 1 aromatic carbocycles. The number of hydrogen-bond donors (Lipinski definition) is 1. The van der Waals surface area contributed by atoms with E-state index in [9.17, 15) is 8.42 Å². The van der Waals surface area contributed by atoms with E-state index >= 15 is 0 Å². The van der Waals surface area contributed by atoms with Gasteiger partial charge in [0.15, 0.2) is 0 Å². The Morgan fingerprint density at radius 2 is 1.95 bits per heavy atom. The first-order valence-corrected chi connectivity index (χ1v) is 8.75. The second-order valence-corrected chi connectivity index (χ2v) is 8.15. The first-order valence-electron chi connectivity index (χ1n) is 7.26. The molecule has 1 N–H and O–H groups in total. The van der Waals surface area contributed by atoms with Gasteiger partial charge in [-0.3, -0.25) is 0 Å². The van der Waals surface area contributed by atoms with Gasteiger partial charge in [0.25, 0.3) is 0 Å². The number of rotatable bonds is 4. The van der Waals surface area contributed by atoms with Crippen LogP contribution < -0.4 is 4.72 Å². The predicted octanol–water partition coefficient (Wildman–Crippen LogP) is 1.70. The molecule has 2 aliphatic carbocycles. The monoisotopic (exact) mass is 293 g/mol. The fourth-order valence-electron chi connectivity index (χ4n) is 3.98. The molecule has 1 heterocycles. The van der Waals surface area contributed by atoms with E-state index in [1.807, 2.05) is 19.1 Å². The van der Waals surface area contributed by atoms with Gasteiger partial charge in [-0.15, -0.1) is 0 Å². The topological polar surface area (TPSA) is 58.7 Å². The first kappa shape index (κ1) is 12.8. The largest absolute Gasteiger partial charge is 0.369 e. The molecule has 2 bridgehead atoms. The maximum atomic E-state index is 12.3. The maximum absolute atomic E-state index is 12.3. The molecule has 108 valence electrons. The molecule has 5 heteroatoms. The Bertz CT molecular complexity index is 625. The SMILES string of the molecule is Cc1ccc(S(=O)(=O)NCC2CC3CC2C2OC32)cc1. The van der Waals surface area contributed by atoms with Gasteiger partial charge in [0, 0.05) is 6.54 Å². The van der Waals surface area contributed by atoms with Crippen LogP contribution >= 0.6 is 0 Å². The van der Waals surface area contributed by atoms with E-state index in [0.717, 1.165) is 12.0 Å². The number of ether oxygens (including phenoxy) is 1. The summed E-state index contributed by atoms with van der Waals surface area (Å²) in [6, 6.07) is 6.99. The normalized spacial score (nSPS) is 38.0. The van der Waals surface area contributed by atoms with Crippen molar-refractivity contribution in [3.05, 3.63) is 29.8 Å². The summed E-state index contributed by atoms with van der Waals surface area (Å²) < 4.78 is 32.9. The molecule has 1 aromatic rings. The molecule has 2 saturated carbocycles. The summed E-state index contributed by atoms with van der Waals surface area (Å²) in [6.07, 6.45) is 3.28. The van der Waals surface area contributed by atoms with E-state index in [4.69, 9.17) is 4.74 Å². The highest BCUT2D eigenvalue weighted by Gasteiger charge is 2.62. The molecule has 0 spiro atoms. The van der Waals surface area contributed by atoms with Gasteiger partial charge >= 0.3 is 0 Å². The Labute approximate surface area is 119 Å². The lowest BCUT2D eigenvalue weighted by molar-refractivity contribution is 0.250. The second-order valence-electron chi connectivity index (χ2n) is 6.39. The number of benzene rings is 1. The van der Waals surface area contributed by atoms with Gasteiger partial charge < -0.3 is 4.74 Å². The van der Waals surface area contributed by atoms with Gasteiger partial charge in [-0.1, -0.05) is 17.7 Å². The van der Waals surface area contributed by atoms with E-state index in [-0.39, 0.29) is 0 Å². The highest BCUT2D eigenvalue weighted by atomic mass is 32.2. The zero-order chi connectivity index (χ0) is 13.9. The van der Waals surface area contributed by atoms with Crippen molar-refractivity contribution in [2.75, 3.05) is 6.54 Å². The van der Waals surface area contributed by atoms with Crippen LogP contribution in [0, 0.1) is 24.7 Å². The van der Waals surface area contributed by atoms with Gasteiger partial charge in [0.05, 0.1) is 17.1 Å². The van der Waals surface area contributed by atoms with Crippen molar-refractivity contribution < 1.29 is 13.2 Å². The summed E-state index contributed by atoms with van der Waals surface area (Å²) in [7, 11) is -3.38. The van der Waals surface area contributed by atoms with Crippen molar-refractivity contribution in [2.45, 2.75) is 36.9 Å². The van der Waals surface area contributed by atoms with E-state index < -0.39 is 10.0 Å². The zero-order valence-corrected chi connectivity index (χ0v) is 12.3. The minimum atomic E-state index is -3.38. The highest BCUT2D eigenvalue weighted by molar-refractivity contribution is 7.89. The molecule has 3 fully saturated rings. The lowest BCUT2D eigenvalue weighted by Crippen LogP contribution is -2.33. The van der Waals surface area contributed by atoms with Crippen molar-refractivity contribution in [1.82, 2.24) is 4.72 Å². The first-order chi connectivity index (χ1) is 9.54. The molecular formula is C15H19NO3S. The molecule has 4 rings (SSSR count). The number of fused-ring (bicyclic) bond motifs is 5. The van der Waals surface area contributed by atoms with Crippen molar-refractivity contribution in [2.24, 2.45) is 17.8 Å². The molecule has 5 atom stereocenters. The molecule has 0 amide bonds. The molecule has 0 aromatic heterocycles. The van der Waals surface area contributed by atoms with Crippen LogP contribution in [0.2, 0.25) is 0 Å². The van der Waals surface area contributed by atoms with E-state index in [2.05, 4.69) is 4.72 Å². The van der Waals surface area contributed by atoms with Crippen LogP contribution in [-0.4, -0.2) is 27.2 Å². The Morgan fingerprint density at radius 1 is 1.20 bits per heavy atom. The Morgan fingerprint density at radius 3 is 2.60 bits per heavy atom. The maximum Gasteiger partial charge on any atom is 0.240 e. The van der Waals surface area contributed by atoms with E-state index in [1.54, 1.807) is 12.1 Å². The highest BCUT2D eigenvalue weighted by Crippen LogP contribution is 2.58. The molecule has 1 saturated heterocycles. The van der Waals surface area contributed by atoms with Crippen LogP contribution in [0.25, 0.3) is 0 Å². The molecule has 3 aliphatic rings. The second kappa shape index (κ2) is 4.29.